The molecule has 1 aliphatic rings. The van der Waals surface area contributed by atoms with E-state index in [9.17, 15) is 38.7 Å². The number of hydrogen-bond donors (Lipinski definition) is 7. The molecule has 0 bridgehead atoms. The zero-order valence-corrected chi connectivity index (χ0v) is 50.6. The topological polar surface area (TPSA) is 228 Å². The third-order valence-corrected chi connectivity index (χ3v) is 15.3. The van der Waals surface area contributed by atoms with Gasteiger partial charge in [-0.25, -0.2) is 9.59 Å². The second-order valence-corrected chi connectivity index (χ2v) is 23.8. The number of amides is 6. The van der Waals surface area contributed by atoms with Gasteiger partial charge in [0, 0.05) is 42.3 Å². The lowest BCUT2D eigenvalue weighted by atomic mass is 9.76. The van der Waals surface area contributed by atoms with E-state index in [0.29, 0.717) is 41.3 Å². The summed E-state index contributed by atoms with van der Waals surface area (Å²) < 4.78 is 5.55. The number of carboxylic acid groups (broad SMARTS) is 1. The van der Waals surface area contributed by atoms with Gasteiger partial charge in [-0.05, 0) is 109 Å². The van der Waals surface area contributed by atoms with Crippen LogP contribution in [-0.2, 0) is 52.1 Å². The van der Waals surface area contributed by atoms with Crippen molar-refractivity contribution in [3.8, 4) is 0 Å². The number of fused-ring (bicyclic) bond motifs is 2. The summed E-state index contributed by atoms with van der Waals surface area (Å²) in [5, 5.41) is 27.1. The van der Waals surface area contributed by atoms with Crippen molar-refractivity contribution < 1.29 is 43.4 Å². The highest BCUT2D eigenvalue weighted by molar-refractivity contribution is 7.80. The number of benzene rings is 4. The standard InChI is InChI=1S/C64H84N8O9S/c1-39(2)51(35-41(5)61(78)79)71(13)60(82)56(63(7,8)9)70-59(77)55(65-12)64(10,11)47-24-20-25-49(36-47)68-62(80)81-38-43-29-33-48(34-30-43)67-57(75)42(6)66-58(76)54(40(3)4)69-52(73)27-18-19-28-53(74)72-37-46-23-15-14-21-44(46)31-32-45-22-16-17-26-50(45)72/h14-17,20-26,29-36,39-40,42,51,54-56,65H,18-19,27-28,37-38H2,1-13H3,(H,66,76)(H,67,75)(H,68,80)(H,69,73)(H,70,77)(H,78,79)/b32-31-,41-35+/t42-,51+,54-,55-,56+/m0/s1. The summed E-state index contributed by atoms with van der Waals surface area (Å²) in [6.45, 7) is 20.8. The molecule has 17 nitrogen and oxygen atoms in total. The lowest BCUT2D eigenvalue weighted by Crippen LogP contribution is -2.61. The van der Waals surface area contributed by atoms with Crippen LogP contribution < -0.4 is 36.8 Å². The molecular weight excluding hydrogens is 1060 g/mol. The maximum Gasteiger partial charge on any atom is 0.411 e. The summed E-state index contributed by atoms with van der Waals surface area (Å²) in [4.78, 5) is 96.7. The Hall–Kier alpha value is -7.70. The van der Waals surface area contributed by atoms with Gasteiger partial charge in [-0.3, -0.25) is 29.3 Å². The largest absolute Gasteiger partial charge is 0.478 e. The van der Waals surface area contributed by atoms with Crippen molar-refractivity contribution in [1.29, 1.82) is 0 Å². The highest BCUT2D eigenvalue weighted by atomic mass is 32.1. The van der Waals surface area contributed by atoms with Gasteiger partial charge in [0.2, 0.25) is 29.5 Å². The fourth-order valence-electron chi connectivity index (χ4n) is 9.74. The SMILES string of the molecule is CN[C@@H](C(=O)N[C@H](C(=S)N(C)[C@H](/C=C(\C)C(=O)O)C(C)C)C(C)(C)C)C(C)(C)c1cccc(NC(=O)OCc2ccc(NC(=O)[C@H](C)NC(=O)[C@@H](NC(=O)CCCCC(=O)N3Cc4ccccc4/C=C\c4ccccc43)C(C)C)cc2)c1. The quantitative estimate of drug-likeness (QED) is 0.0198. The summed E-state index contributed by atoms with van der Waals surface area (Å²) in [7, 11) is 3.52. The summed E-state index contributed by atoms with van der Waals surface area (Å²) in [6, 6.07) is 26.1. The van der Waals surface area contributed by atoms with E-state index in [0.717, 1.165) is 27.9 Å². The highest BCUT2D eigenvalue weighted by Gasteiger charge is 2.41. The van der Waals surface area contributed by atoms with E-state index in [-0.39, 0.29) is 60.6 Å². The van der Waals surface area contributed by atoms with Gasteiger partial charge >= 0.3 is 12.1 Å². The predicted octanol–water partition coefficient (Wildman–Crippen LogP) is 10.0. The molecule has 4 aromatic carbocycles. The van der Waals surface area contributed by atoms with Gasteiger partial charge in [-0.1, -0.05) is 159 Å². The van der Waals surface area contributed by atoms with E-state index in [1.54, 1.807) is 88.2 Å². The number of hydrogen-bond acceptors (Lipinski definition) is 10. The van der Waals surface area contributed by atoms with Crippen LogP contribution in [0.4, 0.5) is 21.9 Å². The molecule has 0 saturated carbocycles. The first-order chi connectivity index (χ1) is 38.6. The molecule has 4 aromatic rings. The number of aliphatic carboxylic acids is 1. The van der Waals surface area contributed by atoms with Crippen LogP contribution in [0.5, 0.6) is 0 Å². The van der Waals surface area contributed by atoms with Crippen molar-refractivity contribution in [2.75, 3.05) is 29.6 Å². The molecule has 7 N–H and O–H groups in total. The van der Waals surface area contributed by atoms with Crippen LogP contribution in [0.2, 0.25) is 0 Å². The monoisotopic (exact) mass is 1140 g/mol. The molecule has 5 rings (SSSR count). The van der Waals surface area contributed by atoms with Crippen molar-refractivity contribution in [2.24, 2.45) is 17.3 Å². The molecule has 0 fully saturated rings. The second kappa shape index (κ2) is 29.3. The molecule has 0 unspecified atom stereocenters. The Kier molecular flexibility index (Phi) is 23.3. The zero-order chi connectivity index (χ0) is 60.6. The van der Waals surface area contributed by atoms with Crippen LogP contribution in [0.3, 0.4) is 0 Å². The lowest BCUT2D eigenvalue weighted by molar-refractivity contribution is -0.132. The third-order valence-electron chi connectivity index (χ3n) is 14.8. The number of likely N-dealkylation sites (N-methyl/N-ethyl adjacent to an activating group) is 2. The van der Waals surface area contributed by atoms with Crippen molar-refractivity contribution in [3.05, 3.63) is 137 Å². The Morgan fingerprint density at radius 3 is 1.99 bits per heavy atom. The molecule has 1 heterocycles. The third kappa shape index (κ3) is 17.9. The Bertz CT molecular complexity index is 3000. The maximum absolute atomic E-state index is 14.3. The molecular formula is C64H84N8O9S. The fraction of sp³-hybridized carbons (Fsp3) is 0.438. The van der Waals surface area contributed by atoms with E-state index < -0.39 is 58.9 Å². The van der Waals surface area contributed by atoms with Crippen LogP contribution in [0.1, 0.15) is 130 Å². The van der Waals surface area contributed by atoms with E-state index in [1.165, 1.54) is 0 Å². The lowest BCUT2D eigenvalue weighted by Gasteiger charge is -2.41. The molecule has 18 heteroatoms. The smallest absolute Gasteiger partial charge is 0.411 e. The number of carbonyl (C=O) groups is 7. The van der Waals surface area contributed by atoms with Crippen LogP contribution in [0.15, 0.2) is 109 Å². The maximum atomic E-state index is 14.3. The summed E-state index contributed by atoms with van der Waals surface area (Å²) in [5.74, 6) is -2.93. The Morgan fingerprint density at radius 1 is 0.720 bits per heavy atom. The minimum Gasteiger partial charge on any atom is -0.478 e. The van der Waals surface area contributed by atoms with Gasteiger partial charge in [0.1, 0.15) is 23.7 Å². The van der Waals surface area contributed by atoms with E-state index in [4.69, 9.17) is 17.0 Å². The van der Waals surface area contributed by atoms with Gasteiger partial charge < -0.3 is 46.2 Å². The number of carboxylic acids is 1. The van der Waals surface area contributed by atoms with Gasteiger partial charge in [0.25, 0.3) is 0 Å². The molecule has 5 atom stereocenters. The van der Waals surface area contributed by atoms with Crippen LogP contribution >= 0.6 is 12.2 Å². The number of anilines is 3. The molecule has 6 amide bonds. The molecule has 0 aliphatic carbocycles. The van der Waals surface area contributed by atoms with Crippen molar-refractivity contribution >= 4 is 88.0 Å². The van der Waals surface area contributed by atoms with E-state index in [2.05, 4.69) is 38.0 Å². The first kappa shape index (κ1) is 65.1. The Labute approximate surface area is 489 Å². The van der Waals surface area contributed by atoms with Crippen LogP contribution in [-0.4, -0.2) is 101 Å². The predicted molar refractivity (Wildman–Crippen MR) is 329 cm³/mol. The summed E-state index contributed by atoms with van der Waals surface area (Å²) in [5.41, 5.74) is 5.05. The number of rotatable bonds is 24. The minimum atomic E-state index is -1.01. The molecule has 1 aliphatic heterocycles. The first-order valence-corrected chi connectivity index (χ1v) is 28.4. The number of carbonyl (C=O) groups excluding carboxylic acids is 6. The molecule has 0 aromatic heterocycles. The number of nitrogens with zero attached hydrogens (tertiary/aromatic N) is 2. The Morgan fingerprint density at radius 2 is 1.35 bits per heavy atom. The highest BCUT2D eigenvalue weighted by Crippen LogP contribution is 2.33. The molecule has 82 heavy (non-hydrogen) atoms. The van der Waals surface area contributed by atoms with Crippen molar-refractivity contribution in [1.82, 2.24) is 26.2 Å². The minimum absolute atomic E-state index is 0.0204. The first-order valence-electron chi connectivity index (χ1n) is 28.0. The van der Waals surface area contributed by atoms with Crippen molar-refractivity contribution in [2.45, 2.75) is 151 Å². The average Bonchev–Trinajstić information content (AvgIpc) is 3.49. The normalized spacial score (nSPS) is 14.7. The zero-order valence-electron chi connectivity index (χ0n) is 49.8. The molecule has 440 valence electrons. The summed E-state index contributed by atoms with van der Waals surface area (Å²) >= 11 is 6.02. The Balaban J connectivity index is 1.08. The average molecular weight is 1140 g/mol. The van der Waals surface area contributed by atoms with Crippen LogP contribution in [0, 0.1) is 17.3 Å². The molecule has 0 radical (unpaired) electrons. The number of ether oxygens (including phenoxy) is 1. The number of para-hydroxylation sites is 1. The number of nitrogens with one attached hydrogen (secondary N) is 6. The van der Waals surface area contributed by atoms with Crippen molar-refractivity contribution in [3.63, 3.8) is 0 Å². The van der Waals surface area contributed by atoms with Gasteiger partial charge in [0.15, 0.2) is 0 Å². The van der Waals surface area contributed by atoms with Crippen LogP contribution in [0.25, 0.3) is 12.2 Å². The van der Waals surface area contributed by atoms with E-state index >= 15 is 0 Å². The number of unbranched alkanes of at least 4 members (excludes halogenated alkanes) is 1. The van der Waals surface area contributed by atoms with Gasteiger partial charge in [-0.2, -0.15) is 0 Å². The number of thiocarbonyl (C=S) groups is 1. The van der Waals surface area contributed by atoms with E-state index in [1.807, 2.05) is 121 Å². The summed E-state index contributed by atoms with van der Waals surface area (Å²) in [6.07, 6.45) is 6.36. The van der Waals surface area contributed by atoms with Gasteiger partial charge in [0.05, 0.1) is 30.4 Å². The fourth-order valence-corrected chi connectivity index (χ4v) is 10.3. The molecule has 0 saturated heterocycles. The molecule has 0 spiro atoms. The second-order valence-electron chi connectivity index (χ2n) is 23.4. The van der Waals surface area contributed by atoms with Gasteiger partial charge in [-0.15, -0.1) is 0 Å².